The lowest BCUT2D eigenvalue weighted by Gasteiger charge is -2.24. The van der Waals surface area contributed by atoms with Gasteiger partial charge in [0.25, 0.3) is 0 Å². The summed E-state index contributed by atoms with van der Waals surface area (Å²) >= 11 is 1.69. The van der Waals surface area contributed by atoms with Gasteiger partial charge in [0, 0.05) is 12.3 Å². The molecule has 0 aliphatic rings. The van der Waals surface area contributed by atoms with E-state index in [0.717, 1.165) is 18.2 Å². The summed E-state index contributed by atoms with van der Waals surface area (Å²) in [6.07, 6.45) is 4.46. The van der Waals surface area contributed by atoms with Gasteiger partial charge >= 0.3 is 0 Å². The number of hydrogen-bond donors (Lipinski definition) is 2. The van der Waals surface area contributed by atoms with E-state index in [4.69, 9.17) is 0 Å². The van der Waals surface area contributed by atoms with E-state index < -0.39 is 5.60 Å². The van der Waals surface area contributed by atoms with Crippen molar-refractivity contribution in [2.24, 2.45) is 5.92 Å². The summed E-state index contributed by atoms with van der Waals surface area (Å²) in [5.74, 6) is 1.54. The highest BCUT2D eigenvalue weighted by atomic mass is 32.2. The van der Waals surface area contributed by atoms with Crippen molar-refractivity contribution >= 4 is 11.8 Å². The lowest BCUT2D eigenvalue weighted by atomic mass is 10.0. The normalized spacial score (nSPS) is 15.9. The predicted octanol–water partition coefficient (Wildman–Crippen LogP) is 2.13. The molecule has 0 saturated carbocycles. The number of aliphatic hydroxyl groups is 1. The molecule has 0 fully saturated rings. The van der Waals surface area contributed by atoms with Crippen LogP contribution in [0.25, 0.3) is 0 Å². The van der Waals surface area contributed by atoms with E-state index in [1.54, 1.807) is 11.8 Å². The van der Waals surface area contributed by atoms with Crippen LogP contribution < -0.4 is 5.32 Å². The van der Waals surface area contributed by atoms with Gasteiger partial charge in [-0.1, -0.05) is 26.7 Å². The molecule has 0 aromatic rings. The van der Waals surface area contributed by atoms with Crippen molar-refractivity contribution < 1.29 is 5.11 Å². The topological polar surface area (TPSA) is 32.3 Å². The summed E-state index contributed by atoms with van der Waals surface area (Å²) in [5, 5.41) is 13.2. The van der Waals surface area contributed by atoms with E-state index in [9.17, 15) is 5.11 Å². The second kappa shape index (κ2) is 7.55. The van der Waals surface area contributed by atoms with Gasteiger partial charge in [-0.25, -0.2) is 0 Å². The first kappa shape index (κ1) is 14.3. The van der Waals surface area contributed by atoms with Crippen LogP contribution in [-0.2, 0) is 0 Å². The predicted molar refractivity (Wildman–Crippen MR) is 65.9 cm³/mol. The Morgan fingerprint density at radius 1 is 1.36 bits per heavy atom. The average Bonchev–Trinajstić information content (AvgIpc) is 2.12. The van der Waals surface area contributed by atoms with Gasteiger partial charge in [-0.2, -0.15) is 11.8 Å². The Hall–Kier alpha value is 0.270. The highest BCUT2D eigenvalue weighted by Crippen LogP contribution is 2.10. The second-order valence-electron chi connectivity index (χ2n) is 4.24. The molecule has 0 aliphatic carbocycles. The molecule has 0 rings (SSSR count). The van der Waals surface area contributed by atoms with Gasteiger partial charge in [0.15, 0.2) is 0 Å². The summed E-state index contributed by atoms with van der Waals surface area (Å²) in [6, 6.07) is 0. The van der Waals surface area contributed by atoms with Crippen molar-refractivity contribution in [3.05, 3.63) is 0 Å². The average molecular weight is 219 g/mol. The minimum atomic E-state index is -0.564. The van der Waals surface area contributed by atoms with Crippen molar-refractivity contribution in [1.29, 1.82) is 0 Å². The fourth-order valence-corrected chi connectivity index (χ4v) is 2.21. The summed E-state index contributed by atoms with van der Waals surface area (Å²) in [4.78, 5) is 0. The van der Waals surface area contributed by atoms with E-state index in [2.05, 4.69) is 19.2 Å². The van der Waals surface area contributed by atoms with Gasteiger partial charge < -0.3 is 10.4 Å². The Morgan fingerprint density at radius 2 is 1.93 bits per heavy atom. The number of hydrogen-bond acceptors (Lipinski definition) is 3. The van der Waals surface area contributed by atoms with E-state index >= 15 is 0 Å². The van der Waals surface area contributed by atoms with Gasteiger partial charge in [0.05, 0.1) is 5.60 Å². The maximum Gasteiger partial charge on any atom is 0.0833 e. The van der Waals surface area contributed by atoms with E-state index in [0.29, 0.717) is 6.54 Å². The van der Waals surface area contributed by atoms with Crippen molar-refractivity contribution in [2.45, 2.75) is 39.2 Å². The van der Waals surface area contributed by atoms with Crippen LogP contribution in [0, 0.1) is 5.92 Å². The first-order valence-corrected chi connectivity index (χ1v) is 6.87. The van der Waals surface area contributed by atoms with Gasteiger partial charge in [-0.05, 0) is 25.6 Å². The molecule has 0 heterocycles. The van der Waals surface area contributed by atoms with Crippen molar-refractivity contribution in [2.75, 3.05) is 25.1 Å². The van der Waals surface area contributed by atoms with E-state index in [1.165, 1.54) is 12.8 Å². The lowest BCUT2D eigenvalue weighted by Crippen LogP contribution is -2.41. The molecule has 0 aromatic heterocycles. The zero-order valence-corrected chi connectivity index (χ0v) is 10.8. The quantitative estimate of drug-likeness (QED) is 0.656. The molecule has 0 bridgehead atoms. The van der Waals surface area contributed by atoms with Crippen LogP contribution in [0.2, 0.25) is 0 Å². The molecule has 2 N–H and O–H groups in total. The van der Waals surface area contributed by atoms with Crippen molar-refractivity contribution in [3.8, 4) is 0 Å². The summed E-state index contributed by atoms with van der Waals surface area (Å²) in [5.41, 5.74) is -0.564. The Kier molecular flexibility index (Phi) is 7.69. The molecule has 0 aliphatic heterocycles. The molecule has 0 saturated heterocycles. The fraction of sp³-hybridized carbons (Fsp3) is 1.00. The molecule has 0 aromatic carbocycles. The number of thioether (sulfide) groups is 1. The van der Waals surface area contributed by atoms with Crippen molar-refractivity contribution in [1.82, 2.24) is 5.32 Å². The van der Waals surface area contributed by atoms with Crippen LogP contribution in [0.4, 0.5) is 0 Å². The van der Waals surface area contributed by atoms with E-state index in [1.807, 2.05) is 13.2 Å². The molecule has 1 atom stereocenters. The molecule has 0 radical (unpaired) electrons. The molecule has 3 heteroatoms. The minimum Gasteiger partial charge on any atom is -0.388 e. The minimum absolute atomic E-state index is 0.564. The van der Waals surface area contributed by atoms with Gasteiger partial charge in [0.1, 0.15) is 0 Å². The Labute approximate surface area is 92.9 Å². The zero-order valence-electron chi connectivity index (χ0n) is 9.97. The fourth-order valence-electron chi connectivity index (χ4n) is 1.48. The molecule has 1 unspecified atom stereocenters. The Balaban J connectivity index is 3.60. The first-order chi connectivity index (χ1) is 6.55. The highest BCUT2D eigenvalue weighted by Gasteiger charge is 2.18. The third-order valence-electron chi connectivity index (χ3n) is 2.55. The third kappa shape index (κ3) is 6.68. The number of nitrogens with one attached hydrogen (secondary N) is 1. The third-order valence-corrected chi connectivity index (χ3v) is 3.46. The van der Waals surface area contributed by atoms with Crippen LogP contribution in [0.3, 0.4) is 0 Å². The monoisotopic (exact) mass is 219 g/mol. The smallest absolute Gasteiger partial charge is 0.0833 e. The lowest BCUT2D eigenvalue weighted by molar-refractivity contribution is 0.0836. The maximum atomic E-state index is 9.89. The van der Waals surface area contributed by atoms with Crippen LogP contribution in [0.5, 0.6) is 0 Å². The zero-order chi connectivity index (χ0) is 11.0. The second-order valence-corrected chi connectivity index (χ2v) is 5.11. The summed E-state index contributed by atoms with van der Waals surface area (Å²) in [7, 11) is 0. The molecule has 0 spiro atoms. The van der Waals surface area contributed by atoms with Crippen molar-refractivity contribution in [3.63, 3.8) is 0 Å². The van der Waals surface area contributed by atoms with Gasteiger partial charge in [-0.15, -0.1) is 0 Å². The summed E-state index contributed by atoms with van der Waals surface area (Å²) < 4.78 is 0. The van der Waals surface area contributed by atoms with Gasteiger partial charge in [0.2, 0.25) is 0 Å². The first-order valence-electron chi connectivity index (χ1n) is 5.47. The van der Waals surface area contributed by atoms with Crippen LogP contribution in [-0.4, -0.2) is 35.8 Å². The standard InChI is InChI=1S/C11H25NOS/c1-5-10(6-2)7-12-8-11(3,13)9-14-4/h10,12-13H,5-9H2,1-4H3. The van der Waals surface area contributed by atoms with Gasteiger partial charge in [-0.3, -0.25) is 0 Å². The Morgan fingerprint density at radius 3 is 2.36 bits per heavy atom. The maximum absolute atomic E-state index is 9.89. The summed E-state index contributed by atoms with van der Waals surface area (Å²) in [6.45, 7) is 8.05. The Bertz CT molecular complexity index is 135. The number of rotatable bonds is 8. The molecular formula is C11H25NOS. The van der Waals surface area contributed by atoms with Crippen LogP contribution in [0.15, 0.2) is 0 Å². The molecular weight excluding hydrogens is 194 g/mol. The molecule has 14 heavy (non-hydrogen) atoms. The SMILES string of the molecule is CCC(CC)CNCC(C)(O)CSC. The van der Waals surface area contributed by atoms with Crippen LogP contribution in [0.1, 0.15) is 33.6 Å². The molecule has 86 valence electrons. The van der Waals surface area contributed by atoms with E-state index in [-0.39, 0.29) is 0 Å². The largest absolute Gasteiger partial charge is 0.388 e. The molecule has 0 amide bonds. The highest BCUT2D eigenvalue weighted by molar-refractivity contribution is 7.98. The molecule has 2 nitrogen and oxygen atoms in total. The van der Waals surface area contributed by atoms with Crippen LogP contribution >= 0.6 is 11.8 Å².